The normalized spacial score (nSPS) is 19.1. The van der Waals surface area contributed by atoms with E-state index in [1.54, 1.807) is 0 Å². The maximum Gasteiger partial charge on any atom is 0.323 e. The van der Waals surface area contributed by atoms with E-state index in [2.05, 4.69) is 20.3 Å². The van der Waals surface area contributed by atoms with Crippen molar-refractivity contribution in [1.82, 2.24) is 15.0 Å². The van der Waals surface area contributed by atoms with Gasteiger partial charge in [0.15, 0.2) is 0 Å². The molecule has 1 aliphatic heterocycles. The third kappa shape index (κ3) is 4.51. The summed E-state index contributed by atoms with van der Waals surface area (Å²) in [5.41, 5.74) is 5.60. The zero-order valence-electron chi connectivity index (χ0n) is 11.3. The highest BCUT2D eigenvalue weighted by Gasteiger charge is 2.13. The molecule has 1 fully saturated rings. The molecule has 0 saturated carbocycles. The SMILES string of the molecule is CCOc1nc(N)nc(NCCC2CCCCO2)n1. The third-order valence-corrected chi connectivity index (χ3v) is 2.93. The second-order valence-electron chi connectivity index (χ2n) is 4.44. The molecule has 1 saturated heterocycles. The molecule has 7 nitrogen and oxygen atoms in total. The summed E-state index contributed by atoms with van der Waals surface area (Å²) in [6.45, 7) is 3.99. The first-order valence-electron chi connectivity index (χ1n) is 6.77. The minimum atomic E-state index is 0.162. The van der Waals surface area contributed by atoms with Crippen LogP contribution in [0.3, 0.4) is 0 Å². The lowest BCUT2D eigenvalue weighted by molar-refractivity contribution is 0.0134. The molecule has 0 radical (unpaired) electrons. The molecule has 0 bridgehead atoms. The maximum absolute atomic E-state index is 5.66. The van der Waals surface area contributed by atoms with E-state index in [0.29, 0.717) is 18.7 Å². The fourth-order valence-corrected chi connectivity index (χ4v) is 2.02. The third-order valence-electron chi connectivity index (χ3n) is 2.93. The van der Waals surface area contributed by atoms with Gasteiger partial charge in [0.1, 0.15) is 0 Å². The van der Waals surface area contributed by atoms with Crippen molar-refractivity contribution >= 4 is 11.9 Å². The number of anilines is 2. The van der Waals surface area contributed by atoms with Crippen LogP contribution in [0.15, 0.2) is 0 Å². The van der Waals surface area contributed by atoms with Crippen LogP contribution in [0.1, 0.15) is 32.6 Å². The molecule has 1 aromatic heterocycles. The van der Waals surface area contributed by atoms with Crippen molar-refractivity contribution in [3.8, 4) is 6.01 Å². The molecule has 0 spiro atoms. The number of nitrogens with zero attached hydrogens (tertiary/aromatic N) is 3. The summed E-state index contributed by atoms with van der Waals surface area (Å²) < 4.78 is 10.9. The van der Waals surface area contributed by atoms with Crippen LogP contribution in [-0.4, -0.2) is 40.8 Å². The van der Waals surface area contributed by atoms with Gasteiger partial charge in [-0.3, -0.25) is 0 Å². The van der Waals surface area contributed by atoms with Crippen molar-refractivity contribution < 1.29 is 9.47 Å². The predicted octanol–water partition coefficient (Wildman–Crippen LogP) is 1.22. The van der Waals surface area contributed by atoms with Crippen LogP contribution in [0, 0.1) is 0 Å². The molecule has 3 N–H and O–H groups in total. The van der Waals surface area contributed by atoms with Crippen LogP contribution in [0.4, 0.5) is 11.9 Å². The number of hydrogen-bond acceptors (Lipinski definition) is 7. The average molecular weight is 267 g/mol. The minimum absolute atomic E-state index is 0.162. The molecule has 106 valence electrons. The first-order valence-corrected chi connectivity index (χ1v) is 6.77. The number of rotatable bonds is 6. The summed E-state index contributed by atoms with van der Waals surface area (Å²) in [5, 5.41) is 3.13. The van der Waals surface area contributed by atoms with E-state index in [0.717, 1.165) is 26.0 Å². The summed E-state index contributed by atoms with van der Waals surface area (Å²) in [7, 11) is 0. The highest BCUT2D eigenvalue weighted by atomic mass is 16.5. The van der Waals surface area contributed by atoms with Gasteiger partial charge in [-0.1, -0.05) is 0 Å². The number of aromatic nitrogens is 3. The van der Waals surface area contributed by atoms with E-state index in [1.165, 1.54) is 12.8 Å². The molecule has 2 rings (SSSR count). The first kappa shape index (κ1) is 13.8. The Balaban J connectivity index is 1.81. The van der Waals surface area contributed by atoms with Gasteiger partial charge in [0.25, 0.3) is 0 Å². The molecule has 1 atom stereocenters. The van der Waals surface area contributed by atoms with Gasteiger partial charge in [-0.05, 0) is 32.6 Å². The summed E-state index contributed by atoms with van der Waals surface area (Å²) in [6.07, 6.45) is 4.83. The smallest absolute Gasteiger partial charge is 0.323 e. The summed E-state index contributed by atoms with van der Waals surface area (Å²) >= 11 is 0. The van der Waals surface area contributed by atoms with Crippen LogP contribution in [0.5, 0.6) is 6.01 Å². The van der Waals surface area contributed by atoms with Crippen LogP contribution in [0.25, 0.3) is 0 Å². The van der Waals surface area contributed by atoms with E-state index in [-0.39, 0.29) is 12.0 Å². The highest BCUT2D eigenvalue weighted by molar-refractivity contribution is 5.32. The topological polar surface area (TPSA) is 95.2 Å². The van der Waals surface area contributed by atoms with Gasteiger partial charge in [0, 0.05) is 13.2 Å². The lowest BCUT2D eigenvalue weighted by Gasteiger charge is -2.22. The minimum Gasteiger partial charge on any atom is -0.464 e. The zero-order valence-corrected chi connectivity index (χ0v) is 11.3. The molecule has 1 aromatic rings. The lowest BCUT2D eigenvalue weighted by Crippen LogP contribution is -2.22. The van der Waals surface area contributed by atoms with Gasteiger partial charge < -0.3 is 20.5 Å². The second kappa shape index (κ2) is 7.08. The number of nitrogens with one attached hydrogen (secondary N) is 1. The maximum atomic E-state index is 5.66. The fraction of sp³-hybridized carbons (Fsp3) is 0.750. The Bertz CT molecular complexity index is 396. The van der Waals surface area contributed by atoms with Crippen molar-refractivity contribution in [2.75, 3.05) is 30.8 Å². The number of nitrogen functional groups attached to an aromatic ring is 1. The van der Waals surface area contributed by atoms with Gasteiger partial charge in [0.05, 0.1) is 12.7 Å². The standard InChI is InChI=1S/C12H21N5O2/c1-2-18-12-16-10(13)15-11(17-12)14-7-6-9-5-3-4-8-19-9/h9H,2-8H2,1H3,(H3,13,14,15,16,17). The monoisotopic (exact) mass is 267 g/mol. The van der Waals surface area contributed by atoms with Crippen LogP contribution >= 0.6 is 0 Å². The van der Waals surface area contributed by atoms with E-state index in [4.69, 9.17) is 15.2 Å². The molecule has 0 aromatic carbocycles. The van der Waals surface area contributed by atoms with Crippen molar-refractivity contribution in [3.63, 3.8) is 0 Å². The van der Waals surface area contributed by atoms with Gasteiger partial charge in [-0.2, -0.15) is 15.0 Å². The Morgan fingerprint density at radius 1 is 1.37 bits per heavy atom. The number of hydrogen-bond donors (Lipinski definition) is 2. The highest BCUT2D eigenvalue weighted by Crippen LogP contribution is 2.16. The van der Waals surface area contributed by atoms with Crippen LogP contribution < -0.4 is 15.8 Å². The molecular weight excluding hydrogens is 246 g/mol. The Morgan fingerprint density at radius 2 is 2.26 bits per heavy atom. The summed E-state index contributed by atoms with van der Waals surface area (Å²) in [4.78, 5) is 12.0. The van der Waals surface area contributed by atoms with Crippen LogP contribution in [-0.2, 0) is 4.74 Å². The van der Waals surface area contributed by atoms with Crippen molar-refractivity contribution in [1.29, 1.82) is 0 Å². The molecule has 0 aliphatic carbocycles. The number of nitrogens with two attached hydrogens (primary N) is 1. The van der Waals surface area contributed by atoms with Crippen LogP contribution in [0.2, 0.25) is 0 Å². The summed E-state index contributed by atoms with van der Waals surface area (Å²) in [5.74, 6) is 0.613. The van der Waals surface area contributed by atoms with Gasteiger partial charge in [-0.15, -0.1) is 0 Å². The Kier molecular flexibility index (Phi) is 5.14. The zero-order chi connectivity index (χ0) is 13.5. The van der Waals surface area contributed by atoms with Gasteiger partial charge >= 0.3 is 6.01 Å². The molecular formula is C12H21N5O2. The van der Waals surface area contributed by atoms with E-state index >= 15 is 0 Å². The average Bonchev–Trinajstić information content (AvgIpc) is 2.40. The van der Waals surface area contributed by atoms with Gasteiger partial charge in [0.2, 0.25) is 11.9 Å². The van der Waals surface area contributed by atoms with E-state index in [1.807, 2.05) is 6.92 Å². The molecule has 2 heterocycles. The van der Waals surface area contributed by atoms with E-state index in [9.17, 15) is 0 Å². The largest absolute Gasteiger partial charge is 0.464 e. The molecule has 1 aliphatic rings. The Hall–Kier alpha value is -1.63. The molecule has 1 unspecified atom stereocenters. The summed E-state index contributed by atoms with van der Waals surface area (Å²) in [6, 6.07) is 0.256. The molecule has 0 amide bonds. The Morgan fingerprint density at radius 3 is 3.00 bits per heavy atom. The van der Waals surface area contributed by atoms with Gasteiger partial charge in [-0.25, -0.2) is 0 Å². The number of ether oxygens (including phenoxy) is 2. The molecule has 7 heteroatoms. The second-order valence-corrected chi connectivity index (χ2v) is 4.44. The van der Waals surface area contributed by atoms with E-state index < -0.39 is 0 Å². The predicted molar refractivity (Wildman–Crippen MR) is 72.1 cm³/mol. The van der Waals surface area contributed by atoms with Crippen molar-refractivity contribution in [3.05, 3.63) is 0 Å². The Labute approximate surface area is 112 Å². The van der Waals surface area contributed by atoms with Crippen molar-refractivity contribution in [2.45, 2.75) is 38.7 Å². The lowest BCUT2D eigenvalue weighted by atomic mass is 10.1. The first-order chi connectivity index (χ1) is 9.28. The molecule has 19 heavy (non-hydrogen) atoms. The fourth-order valence-electron chi connectivity index (χ4n) is 2.02. The quantitative estimate of drug-likeness (QED) is 0.800. The van der Waals surface area contributed by atoms with Crippen molar-refractivity contribution in [2.24, 2.45) is 0 Å².